The lowest BCUT2D eigenvalue weighted by atomic mass is 10.1. The van der Waals surface area contributed by atoms with Crippen LogP contribution < -0.4 is 11.2 Å². The number of halogens is 4. The number of hydrogen-bond donors (Lipinski definition) is 2. The van der Waals surface area contributed by atoms with E-state index in [1.54, 1.807) is 30.3 Å². The Morgan fingerprint density at radius 1 is 1.23 bits per heavy atom. The summed E-state index contributed by atoms with van der Waals surface area (Å²) in [6.07, 6.45) is -4.83. The summed E-state index contributed by atoms with van der Waals surface area (Å²) in [5.41, 5.74) is 0.0951. The maximum Gasteiger partial charge on any atom is 0.453 e. The molecule has 3 rings (SSSR count). The first-order valence-electron chi connectivity index (χ1n) is 8.32. The standard InChI is InChI=1S/C17H12ClF3N6O3S/c18-11-7-6-10(8-12(11)27(29)30)23-14(28)13(9-4-2-1-3-5-9)31-16-25-24-15(26(16)22)17(19,20)21/h1-8,13H,22H2,(H,23,28). The highest BCUT2D eigenvalue weighted by Gasteiger charge is 2.39. The van der Waals surface area contributed by atoms with E-state index < -0.39 is 33.8 Å². The first kappa shape index (κ1) is 22.4. The number of benzene rings is 2. The molecule has 1 unspecified atom stereocenters. The topological polar surface area (TPSA) is 129 Å². The van der Waals surface area contributed by atoms with Gasteiger partial charge < -0.3 is 11.2 Å². The molecule has 1 atom stereocenters. The van der Waals surface area contributed by atoms with E-state index in [4.69, 9.17) is 17.4 Å². The van der Waals surface area contributed by atoms with Crippen LogP contribution in [0.25, 0.3) is 0 Å². The van der Waals surface area contributed by atoms with E-state index >= 15 is 0 Å². The molecule has 3 aromatic rings. The Labute approximate surface area is 181 Å². The molecule has 1 amide bonds. The third-order valence-electron chi connectivity index (χ3n) is 3.89. The van der Waals surface area contributed by atoms with Gasteiger partial charge >= 0.3 is 6.18 Å². The Bertz CT molecular complexity index is 1130. The minimum atomic E-state index is -4.83. The first-order valence-corrected chi connectivity index (χ1v) is 9.57. The molecule has 0 aliphatic carbocycles. The molecule has 0 saturated heterocycles. The summed E-state index contributed by atoms with van der Waals surface area (Å²) in [4.78, 5) is 23.3. The van der Waals surface area contributed by atoms with Gasteiger partial charge in [0.1, 0.15) is 10.3 Å². The van der Waals surface area contributed by atoms with Crippen LogP contribution in [0.4, 0.5) is 24.5 Å². The highest BCUT2D eigenvalue weighted by Crippen LogP contribution is 2.37. The maximum absolute atomic E-state index is 12.9. The second-order valence-corrected chi connectivity index (χ2v) is 7.47. The molecule has 14 heteroatoms. The zero-order valence-corrected chi connectivity index (χ0v) is 16.8. The number of rotatable bonds is 6. The Morgan fingerprint density at radius 3 is 2.48 bits per heavy atom. The van der Waals surface area contributed by atoms with Gasteiger partial charge in [0.25, 0.3) is 11.5 Å². The molecule has 0 fully saturated rings. The van der Waals surface area contributed by atoms with Gasteiger partial charge in [0.15, 0.2) is 0 Å². The quantitative estimate of drug-likeness (QED) is 0.239. The number of carbonyl (C=O) groups excluding carboxylic acids is 1. The predicted octanol–water partition coefficient (Wildman–Crippen LogP) is 4.04. The zero-order chi connectivity index (χ0) is 22.8. The van der Waals surface area contributed by atoms with E-state index in [0.29, 0.717) is 17.3 Å². The minimum absolute atomic E-state index is 0.0767. The normalized spacial score (nSPS) is 12.4. The van der Waals surface area contributed by atoms with Crippen molar-refractivity contribution in [2.75, 3.05) is 11.2 Å². The van der Waals surface area contributed by atoms with Crippen molar-refractivity contribution in [1.82, 2.24) is 14.9 Å². The van der Waals surface area contributed by atoms with Crippen molar-refractivity contribution in [3.8, 4) is 0 Å². The Hall–Kier alpha value is -3.32. The van der Waals surface area contributed by atoms with Crippen LogP contribution in [0.1, 0.15) is 16.6 Å². The molecule has 31 heavy (non-hydrogen) atoms. The molecule has 0 aliphatic heterocycles. The first-order chi connectivity index (χ1) is 14.6. The molecule has 0 radical (unpaired) electrons. The summed E-state index contributed by atoms with van der Waals surface area (Å²) < 4.78 is 39.1. The molecule has 0 saturated carbocycles. The molecule has 3 N–H and O–H groups in total. The van der Waals surface area contributed by atoms with Crippen molar-refractivity contribution in [2.24, 2.45) is 0 Å². The van der Waals surface area contributed by atoms with E-state index in [9.17, 15) is 28.1 Å². The zero-order valence-electron chi connectivity index (χ0n) is 15.2. The summed E-state index contributed by atoms with van der Waals surface area (Å²) in [6.45, 7) is 0. The predicted molar refractivity (Wildman–Crippen MR) is 107 cm³/mol. The van der Waals surface area contributed by atoms with E-state index in [1.165, 1.54) is 12.1 Å². The van der Waals surface area contributed by atoms with Crippen molar-refractivity contribution in [3.05, 3.63) is 75.1 Å². The maximum atomic E-state index is 12.9. The van der Waals surface area contributed by atoms with Gasteiger partial charge in [-0.15, -0.1) is 10.2 Å². The lowest BCUT2D eigenvalue weighted by molar-refractivity contribution is -0.384. The number of nitro benzene ring substituents is 1. The number of carbonyl (C=O) groups is 1. The number of amides is 1. The van der Waals surface area contributed by atoms with Gasteiger partial charge in [-0.3, -0.25) is 14.9 Å². The van der Waals surface area contributed by atoms with Crippen LogP contribution in [0.5, 0.6) is 0 Å². The van der Waals surface area contributed by atoms with Gasteiger partial charge in [0.05, 0.1) is 4.92 Å². The van der Waals surface area contributed by atoms with Crippen LogP contribution in [-0.2, 0) is 11.0 Å². The largest absolute Gasteiger partial charge is 0.453 e. The van der Waals surface area contributed by atoms with Crippen LogP contribution >= 0.6 is 23.4 Å². The Balaban J connectivity index is 1.92. The average molecular weight is 473 g/mol. The van der Waals surface area contributed by atoms with Crippen LogP contribution in [0.15, 0.2) is 53.7 Å². The fraction of sp³-hybridized carbons (Fsp3) is 0.118. The molecule has 162 valence electrons. The summed E-state index contributed by atoms with van der Waals surface area (Å²) in [5.74, 6) is 3.37. The average Bonchev–Trinajstić information content (AvgIpc) is 3.08. The molecular weight excluding hydrogens is 461 g/mol. The number of thioether (sulfide) groups is 1. The molecule has 1 aromatic heterocycles. The van der Waals surface area contributed by atoms with Gasteiger partial charge in [-0.25, -0.2) is 4.68 Å². The van der Waals surface area contributed by atoms with Crippen molar-refractivity contribution in [2.45, 2.75) is 16.6 Å². The highest BCUT2D eigenvalue weighted by atomic mass is 35.5. The van der Waals surface area contributed by atoms with E-state index in [-0.39, 0.29) is 20.5 Å². The fourth-order valence-corrected chi connectivity index (χ4v) is 3.64. The van der Waals surface area contributed by atoms with Crippen molar-refractivity contribution >= 4 is 40.6 Å². The van der Waals surface area contributed by atoms with Crippen LogP contribution in [-0.4, -0.2) is 25.7 Å². The van der Waals surface area contributed by atoms with Crippen molar-refractivity contribution in [3.63, 3.8) is 0 Å². The molecule has 0 spiro atoms. The monoisotopic (exact) mass is 472 g/mol. The summed E-state index contributed by atoms with van der Waals surface area (Å²) >= 11 is 6.41. The molecular formula is C17H12ClF3N6O3S. The summed E-state index contributed by atoms with van der Waals surface area (Å²) in [5, 5.41) is 18.5. The molecule has 0 aliphatic rings. The lowest BCUT2D eigenvalue weighted by Crippen LogP contribution is -2.23. The second-order valence-electron chi connectivity index (χ2n) is 6.00. The molecule has 9 nitrogen and oxygen atoms in total. The van der Waals surface area contributed by atoms with Gasteiger partial charge in [-0.1, -0.05) is 53.7 Å². The van der Waals surface area contributed by atoms with E-state index in [2.05, 4.69) is 15.5 Å². The van der Waals surface area contributed by atoms with Gasteiger partial charge in [0.2, 0.25) is 11.1 Å². The Morgan fingerprint density at radius 2 is 1.90 bits per heavy atom. The highest BCUT2D eigenvalue weighted by molar-refractivity contribution is 8.00. The summed E-state index contributed by atoms with van der Waals surface area (Å²) in [7, 11) is 0. The van der Waals surface area contributed by atoms with Crippen LogP contribution in [0, 0.1) is 10.1 Å². The molecule has 2 aromatic carbocycles. The lowest BCUT2D eigenvalue weighted by Gasteiger charge is -2.16. The second kappa shape index (κ2) is 8.81. The number of nitro groups is 1. The number of nitrogens with two attached hydrogens (primary N) is 1. The van der Waals surface area contributed by atoms with Crippen molar-refractivity contribution < 1.29 is 22.9 Å². The van der Waals surface area contributed by atoms with E-state index in [0.717, 1.165) is 6.07 Å². The SMILES string of the molecule is Nn1c(SC(C(=O)Nc2ccc(Cl)c([N+](=O)[O-])c2)c2ccccc2)nnc1C(F)(F)F. The molecule has 0 bridgehead atoms. The van der Waals surface area contributed by atoms with Gasteiger partial charge in [0, 0.05) is 11.8 Å². The molecule has 1 heterocycles. The smallest absolute Gasteiger partial charge is 0.335 e. The van der Waals surface area contributed by atoms with Gasteiger partial charge in [-0.05, 0) is 17.7 Å². The summed E-state index contributed by atoms with van der Waals surface area (Å²) in [6, 6.07) is 11.8. The van der Waals surface area contributed by atoms with Crippen LogP contribution in [0.2, 0.25) is 5.02 Å². The third kappa shape index (κ3) is 5.06. The number of hydrogen-bond acceptors (Lipinski definition) is 7. The number of nitrogen functional groups attached to an aromatic ring is 1. The van der Waals surface area contributed by atoms with Gasteiger partial charge in [-0.2, -0.15) is 13.2 Å². The Kier molecular flexibility index (Phi) is 6.36. The minimum Gasteiger partial charge on any atom is -0.335 e. The number of anilines is 1. The van der Waals surface area contributed by atoms with Crippen LogP contribution in [0.3, 0.4) is 0 Å². The van der Waals surface area contributed by atoms with E-state index in [1.807, 2.05) is 0 Å². The van der Waals surface area contributed by atoms with Crippen molar-refractivity contribution in [1.29, 1.82) is 0 Å². The number of aromatic nitrogens is 3. The number of nitrogens with zero attached hydrogens (tertiary/aromatic N) is 4. The number of nitrogens with one attached hydrogen (secondary N) is 1. The third-order valence-corrected chi connectivity index (χ3v) is 5.42. The number of alkyl halides is 3. The fourth-order valence-electron chi connectivity index (χ4n) is 2.50.